The van der Waals surface area contributed by atoms with Gasteiger partial charge in [0.1, 0.15) is 23.4 Å². The number of ketones is 1. The summed E-state index contributed by atoms with van der Waals surface area (Å²) < 4.78 is 42.9. The minimum atomic E-state index is -1.37. The third kappa shape index (κ3) is 12.1. The molecule has 5 fully saturated rings. The zero-order chi connectivity index (χ0) is 50.8. The maximum Gasteiger partial charge on any atom is 1.00 e. The third-order valence-corrected chi connectivity index (χ3v) is 16.3. The van der Waals surface area contributed by atoms with E-state index in [0.717, 1.165) is 11.4 Å². The molecule has 3 N–H and O–H groups in total. The molecule has 1 amide bonds. The summed E-state index contributed by atoms with van der Waals surface area (Å²) in [5.74, 6) is -6.40. The summed E-state index contributed by atoms with van der Waals surface area (Å²) in [6, 6.07) is 2.60. The number of carboxylic acids is 1. The van der Waals surface area contributed by atoms with Crippen molar-refractivity contribution in [1.29, 1.82) is 0 Å². The van der Waals surface area contributed by atoms with E-state index in [1.54, 1.807) is 19.1 Å². The van der Waals surface area contributed by atoms with E-state index in [9.17, 15) is 44.9 Å². The van der Waals surface area contributed by atoms with Crippen molar-refractivity contribution in [2.45, 2.75) is 199 Å². The van der Waals surface area contributed by atoms with Crippen LogP contribution in [0.3, 0.4) is 0 Å². The molecule has 18 unspecified atom stereocenters. The molecule has 2 spiro atoms. The van der Waals surface area contributed by atoms with Crippen molar-refractivity contribution in [2.24, 2.45) is 46.5 Å². The fraction of sp³-hybridized carbons (Fsp3) is 0.800. The van der Waals surface area contributed by atoms with Crippen LogP contribution in [0.4, 0.5) is 10.7 Å². The Morgan fingerprint density at radius 3 is 2.27 bits per heavy atom. The fourth-order valence-corrected chi connectivity index (χ4v) is 11.6. The number of carbonyl (C=O) groups excluding carboxylic acids is 3. The molecule has 6 aliphatic rings. The molecule has 7 heterocycles. The van der Waals surface area contributed by atoms with Crippen molar-refractivity contribution in [3.05, 3.63) is 40.2 Å². The number of aliphatic hydroxyl groups is 3. The van der Waals surface area contributed by atoms with E-state index in [1.165, 1.54) is 18.3 Å². The normalized spacial score (nSPS) is 38.6. The first-order chi connectivity index (χ1) is 32.5. The second-order valence-corrected chi connectivity index (χ2v) is 20.8. The van der Waals surface area contributed by atoms with Crippen molar-refractivity contribution >= 4 is 29.9 Å². The van der Waals surface area contributed by atoms with Gasteiger partial charge in [-0.15, -0.1) is 0 Å². The van der Waals surface area contributed by atoms with E-state index in [4.69, 9.17) is 28.1 Å². The van der Waals surface area contributed by atoms with Crippen molar-refractivity contribution in [3.63, 3.8) is 0 Å². The molecule has 7 rings (SSSR count). The predicted octanol–water partition coefficient (Wildman–Crippen LogP) is 2.83. The molecule has 6 aliphatic heterocycles. The van der Waals surface area contributed by atoms with Gasteiger partial charge in [-0.3, -0.25) is 14.9 Å². The average molecular weight is 998 g/mol. The van der Waals surface area contributed by atoms with Crippen molar-refractivity contribution in [3.8, 4) is 0 Å². The Morgan fingerprint density at radius 1 is 0.986 bits per heavy atom. The number of Topliss-reactive ketones (excluding diaryl/α,β-unsaturated/α-hetero) is 1. The second-order valence-electron chi connectivity index (χ2n) is 20.8. The molecule has 388 valence electrons. The first-order valence-corrected chi connectivity index (χ1v) is 25.1. The molecular formula is C50H76N3NaO16. The topological polar surface area (TPSA) is 262 Å². The molecule has 19 nitrogen and oxygen atoms in total. The number of furan rings is 1. The summed E-state index contributed by atoms with van der Waals surface area (Å²) in [5, 5.41) is 61.2. The number of hydrogen-bond acceptors (Lipinski definition) is 17. The Bertz CT molecular complexity index is 2040. The van der Waals surface area contributed by atoms with Crippen molar-refractivity contribution in [2.75, 3.05) is 13.2 Å². The van der Waals surface area contributed by atoms with Crippen LogP contribution in [0.25, 0.3) is 0 Å². The Hall–Kier alpha value is -2.82. The Balaban J connectivity index is 0.000000452. The number of cyclic esters (lactones) is 1. The van der Waals surface area contributed by atoms with Gasteiger partial charge < -0.3 is 58.1 Å². The molecule has 0 aromatic carbocycles. The summed E-state index contributed by atoms with van der Waals surface area (Å²) in [4.78, 5) is 46.9. The number of ether oxygens (including phenoxy) is 6. The van der Waals surface area contributed by atoms with Gasteiger partial charge in [-0.1, -0.05) is 55.4 Å². The SMILES string of the molecule is CCC(C(=O)[O-])C1CCC(C)C(C(C)C(O)C(C)C(=O)C(CC)C2OC3(C=CC(O)C4(CCC(C)(C5CCC(O)(CC)C(C)O5)O4)O3)C(C)CC2C)O1.O=C1OCCN1N=Cc1ccc([N+](=O)[O-])o1.[Na+]. The smallest absolute Gasteiger partial charge is 0.550 e. The monoisotopic (exact) mass is 998 g/mol. The summed E-state index contributed by atoms with van der Waals surface area (Å²) >= 11 is 0. The summed E-state index contributed by atoms with van der Waals surface area (Å²) in [7, 11) is 0. The zero-order valence-corrected chi connectivity index (χ0v) is 44.9. The molecule has 70 heavy (non-hydrogen) atoms. The van der Waals surface area contributed by atoms with E-state index in [0.29, 0.717) is 64.3 Å². The van der Waals surface area contributed by atoms with Gasteiger partial charge in [-0.2, -0.15) is 10.1 Å². The summed E-state index contributed by atoms with van der Waals surface area (Å²) in [6.45, 7) is 20.1. The number of hydrogen-bond donors (Lipinski definition) is 3. The molecule has 1 aromatic heterocycles. The van der Waals surface area contributed by atoms with Crippen LogP contribution in [0.1, 0.15) is 139 Å². The number of nitro groups is 1. The molecular weight excluding hydrogens is 922 g/mol. The molecule has 0 saturated carbocycles. The van der Waals surface area contributed by atoms with E-state index < -0.39 is 94.0 Å². The van der Waals surface area contributed by atoms with E-state index in [2.05, 4.69) is 30.6 Å². The number of nitrogens with zero attached hydrogens (tertiary/aromatic N) is 3. The number of carbonyl (C=O) groups is 3. The largest absolute Gasteiger partial charge is 1.00 e. The molecule has 20 heteroatoms. The Labute approximate surface area is 433 Å². The first kappa shape index (κ1) is 58.1. The van der Waals surface area contributed by atoms with Gasteiger partial charge in [0.15, 0.2) is 11.5 Å². The van der Waals surface area contributed by atoms with Gasteiger partial charge in [0.25, 0.3) is 0 Å². The van der Waals surface area contributed by atoms with E-state index in [-0.39, 0.29) is 83.6 Å². The second kappa shape index (κ2) is 23.6. The quantitative estimate of drug-likeness (QED) is 0.0750. The van der Waals surface area contributed by atoms with Crippen LogP contribution in [0.15, 0.2) is 33.8 Å². The predicted molar refractivity (Wildman–Crippen MR) is 247 cm³/mol. The number of carboxylic acid groups (broad SMARTS) is 1. The van der Waals surface area contributed by atoms with Gasteiger partial charge in [-0.25, -0.2) is 4.79 Å². The molecule has 0 radical (unpaired) electrons. The van der Waals surface area contributed by atoms with Crippen molar-refractivity contribution < 1.29 is 102 Å². The van der Waals surface area contributed by atoms with Crippen LogP contribution < -0.4 is 34.7 Å². The van der Waals surface area contributed by atoms with Crippen LogP contribution in [0.2, 0.25) is 0 Å². The number of aliphatic carboxylic acids is 1. The van der Waals surface area contributed by atoms with Crippen LogP contribution in [-0.2, 0) is 38.0 Å². The van der Waals surface area contributed by atoms with Gasteiger partial charge in [-0.05, 0) is 102 Å². The number of hydrazone groups is 1. The maximum absolute atomic E-state index is 14.4. The zero-order valence-electron chi connectivity index (χ0n) is 42.9. The number of amides is 1. The molecule has 0 aliphatic carbocycles. The molecule has 18 atom stereocenters. The van der Waals surface area contributed by atoms with E-state index >= 15 is 0 Å². The average Bonchev–Trinajstić information content (AvgIpc) is 4.06. The fourth-order valence-electron chi connectivity index (χ4n) is 11.6. The van der Waals surface area contributed by atoms with Gasteiger partial charge in [0.05, 0.1) is 66.7 Å². The maximum atomic E-state index is 14.4. The Morgan fingerprint density at radius 2 is 1.69 bits per heavy atom. The minimum absolute atomic E-state index is 0. The standard InChI is InChI=1S/C42H70O11.C8H7N3O5.Na/c1-11-29(38(46)47)31-15-14-23(4)36(50-31)27(8)34(44)26(7)35(45)30(12-2)37-24(5)22-25(6)41(51-37)19-16-32(43)42(53-41)21-20-39(10,52-42)33-17-18-40(48,13-3)28(9)49-33;12-8-10(3-4-15-8)9-5-6-1-2-7(16-6)11(13)14;/h16,19,23-34,36-37,43-44,48H,11-15,17-18,20-22H2,1-10H3,(H,46,47);1-2,5H,3-4H2;/q;;+1/p-1. The van der Waals surface area contributed by atoms with Gasteiger partial charge in [0.2, 0.25) is 5.79 Å². The third-order valence-electron chi connectivity index (χ3n) is 16.3. The van der Waals surface area contributed by atoms with Gasteiger partial charge in [0, 0.05) is 42.0 Å². The number of rotatable bonds is 15. The molecule has 1 aromatic rings. The molecule has 0 bridgehead atoms. The van der Waals surface area contributed by atoms with Crippen LogP contribution in [0.5, 0.6) is 0 Å². The van der Waals surface area contributed by atoms with Crippen LogP contribution >= 0.6 is 0 Å². The van der Waals surface area contributed by atoms with E-state index in [1.807, 2.05) is 41.5 Å². The molecule has 5 saturated heterocycles. The minimum Gasteiger partial charge on any atom is -0.550 e. The summed E-state index contributed by atoms with van der Waals surface area (Å²) in [6.07, 6.45) is 5.90. The Kier molecular flexibility index (Phi) is 19.6. The van der Waals surface area contributed by atoms with Crippen molar-refractivity contribution in [1.82, 2.24) is 5.01 Å². The van der Waals surface area contributed by atoms with Crippen LogP contribution in [-0.4, -0.2) is 128 Å². The summed E-state index contributed by atoms with van der Waals surface area (Å²) in [5.41, 5.74) is -1.64. The first-order valence-electron chi connectivity index (χ1n) is 25.1. The number of aliphatic hydroxyl groups excluding tert-OH is 2. The van der Waals surface area contributed by atoms with Gasteiger partial charge >= 0.3 is 41.5 Å². The van der Waals surface area contributed by atoms with Crippen LogP contribution in [0, 0.1) is 51.5 Å².